The third-order valence-electron chi connectivity index (χ3n) is 3.31. The van der Waals surface area contributed by atoms with Gasteiger partial charge in [0, 0.05) is 25.0 Å². The molecule has 110 valence electrons. The van der Waals surface area contributed by atoms with E-state index in [1.54, 1.807) is 6.20 Å². The maximum Gasteiger partial charge on any atom is 0.205 e. The van der Waals surface area contributed by atoms with E-state index in [2.05, 4.69) is 20.2 Å². The van der Waals surface area contributed by atoms with Gasteiger partial charge < -0.3 is 10.2 Å². The van der Waals surface area contributed by atoms with Crippen molar-refractivity contribution in [2.24, 2.45) is 4.99 Å². The molecule has 0 amide bonds. The molecule has 1 aromatic carbocycles. The molecular weight excluding hydrogens is 284 g/mol. The first kappa shape index (κ1) is 15.3. The molecule has 1 aliphatic heterocycles. The van der Waals surface area contributed by atoms with Crippen LogP contribution in [0.25, 0.3) is 0 Å². The van der Waals surface area contributed by atoms with Crippen molar-refractivity contribution in [2.45, 2.75) is 12.8 Å². The first-order valence-electron chi connectivity index (χ1n) is 6.98. The summed E-state index contributed by atoms with van der Waals surface area (Å²) in [5.74, 6) is 1.62. The van der Waals surface area contributed by atoms with Crippen LogP contribution in [0.2, 0.25) is 0 Å². The van der Waals surface area contributed by atoms with E-state index in [9.17, 15) is 0 Å². The molecule has 0 spiro atoms. The van der Waals surface area contributed by atoms with Crippen molar-refractivity contribution in [3.05, 3.63) is 54.7 Å². The fourth-order valence-corrected chi connectivity index (χ4v) is 2.29. The van der Waals surface area contributed by atoms with E-state index < -0.39 is 0 Å². The predicted octanol–water partition coefficient (Wildman–Crippen LogP) is 3.70. The van der Waals surface area contributed by atoms with Gasteiger partial charge in [-0.1, -0.05) is 24.3 Å². The summed E-state index contributed by atoms with van der Waals surface area (Å²) in [5.41, 5.74) is 1.05. The highest BCUT2D eigenvalue weighted by Crippen LogP contribution is 2.15. The van der Waals surface area contributed by atoms with Gasteiger partial charge in [0.1, 0.15) is 0 Å². The van der Waals surface area contributed by atoms with E-state index >= 15 is 0 Å². The number of hydrogen-bond donors (Lipinski definition) is 1. The summed E-state index contributed by atoms with van der Waals surface area (Å²) in [6, 6.07) is 15.9. The first-order chi connectivity index (χ1) is 9.92. The highest BCUT2D eigenvalue weighted by molar-refractivity contribution is 5.95. The molecule has 3 rings (SSSR count). The first-order valence-corrected chi connectivity index (χ1v) is 6.98. The second-order valence-corrected chi connectivity index (χ2v) is 4.81. The van der Waals surface area contributed by atoms with Crippen molar-refractivity contribution < 1.29 is 0 Å². The van der Waals surface area contributed by atoms with Gasteiger partial charge in [-0.2, -0.15) is 4.99 Å². The number of anilines is 1. The molecule has 1 aromatic heterocycles. The Kier molecular flexibility index (Phi) is 5.58. The van der Waals surface area contributed by atoms with Gasteiger partial charge in [-0.15, -0.1) is 12.4 Å². The minimum absolute atomic E-state index is 0. The predicted molar refractivity (Wildman–Crippen MR) is 89.5 cm³/mol. The highest BCUT2D eigenvalue weighted by Gasteiger charge is 2.16. The number of benzene rings is 1. The van der Waals surface area contributed by atoms with E-state index in [1.165, 1.54) is 12.8 Å². The maximum atomic E-state index is 4.66. The molecule has 2 heterocycles. The monoisotopic (exact) mass is 302 g/mol. The van der Waals surface area contributed by atoms with Crippen molar-refractivity contribution in [3.63, 3.8) is 0 Å². The molecule has 0 saturated carbocycles. The topological polar surface area (TPSA) is 40.5 Å². The number of rotatable bonds is 2. The lowest BCUT2D eigenvalue weighted by molar-refractivity contribution is 0.518. The van der Waals surface area contributed by atoms with Gasteiger partial charge in [-0.25, -0.2) is 4.98 Å². The Labute approximate surface area is 131 Å². The molecular formula is C16H19ClN4. The second-order valence-electron chi connectivity index (χ2n) is 4.81. The summed E-state index contributed by atoms with van der Waals surface area (Å²) in [6.07, 6.45) is 4.21. The van der Waals surface area contributed by atoms with Crippen LogP contribution in [0.4, 0.5) is 11.5 Å². The van der Waals surface area contributed by atoms with Crippen molar-refractivity contribution in [1.29, 1.82) is 0 Å². The second kappa shape index (κ2) is 7.64. The van der Waals surface area contributed by atoms with Crippen molar-refractivity contribution in [2.75, 3.05) is 18.4 Å². The van der Waals surface area contributed by atoms with Crippen LogP contribution in [-0.4, -0.2) is 28.9 Å². The van der Waals surface area contributed by atoms with Crippen molar-refractivity contribution in [1.82, 2.24) is 9.88 Å². The Morgan fingerprint density at radius 2 is 1.71 bits per heavy atom. The van der Waals surface area contributed by atoms with Gasteiger partial charge in [0.05, 0.1) is 0 Å². The molecule has 0 bridgehead atoms. The molecule has 4 nitrogen and oxygen atoms in total. The summed E-state index contributed by atoms with van der Waals surface area (Å²) in [4.78, 5) is 11.2. The third kappa shape index (κ3) is 4.20. The SMILES string of the molecule is Cl.c1ccc(N/C(=N\c2ccccn2)N2CCCC2)cc1. The number of pyridine rings is 1. The molecule has 1 aliphatic rings. The Morgan fingerprint density at radius 1 is 1.00 bits per heavy atom. The highest BCUT2D eigenvalue weighted by atomic mass is 35.5. The summed E-state index contributed by atoms with van der Waals surface area (Å²) in [5, 5.41) is 3.41. The summed E-state index contributed by atoms with van der Waals surface area (Å²) >= 11 is 0. The number of para-hydroxylation sites is 1. The minimum Gasteiger partial charge on any atom is -0.342 e. The average molecular weight is 303 g/mol. The lowest BCUT2D eigenvalue weighted by Gasteiger charge is -2.21. The Morgan fingerprint density at radius 3 is 2.38 bits per heavy atom. The molecule has 0 aliphatic carbocycles. The zero-order chi connectivity index (χ0) is 13.6. The number of aromatic nitrogens is 1. The van der Waals surface area contributed by atoms with Crippen molar-refractivity contribution in [3.8, 4) is 0 Å². The fraction of sp³-hybridized carbons (Fsp3) is 0.250. The summed E-state index contributed by atoms with van der Waals surface area (Å²) in [7, 11) is 0. The number of nitrogens with one attached hydrogen (secondary N) is 1. The lowest BCUT2D eigenvalue weighted by Crippen LogP contribution is -2.33. The molecule has 1 N–H and O–H groups in total. The molecule has 0 unspecified atom stereocenters. The van der Waals surface area contributed by atoms with E-state index in [-0.39, 0.29) is 12.4 Å². The van der Waals surface area contributed by atoms with E-state index in [0.717, 1.165) is 30.6 Å². The fourth-order valence-electron chi connectivity index (χ4n) is 2.29. The molecule has 5 heteroatoms. The number of likely N-dealkylation sites (tertiary alicyclic amines) is 1. The van der Waals surface area contributed by atoms with Crippen LogP contribution < -0.4 is 5.32 Å². The smallest absolute Gasteiger partial charge is 0.205 e. The van der Waals surface area contributed by atoms with E-state index in [0.29, 0.717) is 0 Å². The van der Waals surface area contributed by atoms with Crippen LogP contribution in [-0.2, 0) is 0 Å². The van der Waals surface area contributed by atoms with Crippen LogP contribution in [0.15, 0.2) is 59.7 Å². The van der Waals surface area contributed by atoms with E-state index in [1.807, 2.05) is 48.5 Å². The van der Waals surface area contributed by atoms with E-state index in [4.69, 9.17) is 0 Å². The third-order valence-corrected chi connectivity index (χ3v) is 3.31. The van der Waals surface area contributed by atoms with Gasteiger partial charge in [0.15, 0.2) is 5.82 Å². The molecule has 2 aromatic rings. The Balaban J connectivity index is 0.00000161. The van der Waals surface area contributed by atoms with Gasteiger partial charge in [0.2, 0.25) is 5.96 Å². The normalized spacial score (nSPS) is 14.7. The van der Waals surface area contributed by atoms with Crippen LogP contribution >= 0.6 is 12.4 Å². The lowest BCUT2D eigenvalue weighted by atomic mass is 10.3. The standard InChI is InChI=1S/C16H18N4.ClH/c1-2-8-14(9-3-1)18-16(20-12-6-7-13-20)19-15-10-4-5-11-17-15;/h1-5,8-11H,6-7,12-13H2,(H,17,18,19);1H. The van der Waals surface area contributed by atoms with Crippen LogP contribution in [0.3, 0.4) is 0 Å². The van der Waals surface area contributed by atoms with Gasteiger partial charge in [-0.3, -0.25) is 0 Å². The number of aliphatic imine (C=N–C) groups is 1. The van der Waals surface area contributed by atoms with Crippen LogP contribution in [0.5, 0.6) is 0 Å². The van der Waals surface area contributed by atoms with Crippen LogP contribution in [0, 0.1) is 0 Å². The molecule has 1 saturated heterocycles. The maximum absolute atomic E-state index is 4.66. The quantitative estimate of drug-likeness (QED) is 0.679. The van der Waals surface area contributed by atoms with Crippen LogP contribution in [0.1, 0.15) is 12.8 Å². The Bertz CT molecular complexity index is 565. The number of halogens is 1. The number of nitrogens with zero attached hydrogens (tertiary/aromatic N) is 3. The van der Waals surface area contributed by atoms with Gasteiger partial charge in [-0.05, 0) is 37.1 Å². The molecule has 21 heavy (non-hydrogen) atoms. The average Bonchev–Trinajstić information content (AvgIpc) is 3.03. The number of hydrogen-bond acceptors (Lipinski definition) is 2. The minimum atomic E-state index is 0. The molecule has 1 fully saturated rings. The largest absolute Gasteiger partial charge is 0.342 e. The summed E-state index contributed by atoms with van der Waals surface area (Å²) in [6.45, 7) is 2.09. The zero-order valence-electron chi connectivity index (χ0n) is 11.8. The van der Waals surface area contributed by atoms with Gasteiger partial charge >= 0.3 is 0 Å². The Hall–Kier alpha value is -2.07. The summed E-state index contributed by atoms with van der Waals surface area (Å²) < 4.78 is 0. The van der Waals surface area contributed by atoms with Crippen molar-refractivity contribution >= 4 is 29.9 Å². The zero-order valence-corrected chi connectivity index (χ0v) is 12.6. The van der Waals surface area contributed by atoms with Gasteiger partial charge in [0.25, 0.3) is 0 Å². The number of guanidine groups is 1. The molecule has 0 atom stereocenters. The molecule has 0 radical (unpaired) electrons.